The number of amidine groups is 1. The minimum Gasteiger partial charge on any atom is -0.409 e. The summed E-state index contributed by atoms with van der Waals surface area (Å²) in [5, 5.41) is 15.1. The molecule has 112 valence electrons. The first-order valence-corrected chi connectivity index (χ1v) is 7.65. The number of nitrogens with zero attached hydrogens (tertiary/aromatic N) is 1. The van der Waals surface area contributed by atoms with Gasteiger partial charge >= 0.3 is 0 Å². The Morgan fingerprint density at radius 2 is 1.65 bits per heavy atom. The SMILES string of the molecule is CC(C)(C(=O)NC12CC3CC(CC(C3)C1)C2)C(N)=NO. The maximum Gasteiger partial charge on any atom is 0.233 e. The van der Waals surface area contributed by atoms with Gasteiger partial charge in [0, 0.05) is 5.54 Å². The lowest BCUT2D eigenvalue weighted by atomic mass is 9.53. The van der Waals surface area contributed by atoms with E-state index < -0.39 is 5.41 Å². The van der Waals surface area contributed by atoms with E-state index in [4.69, 9.17) is 10.9 Å². The highest BCUT2D eigenvalue weighted by atomic mass is 16.4. The fraction of sp³-hybridized carbons (Fsp3) is 0.867. The van der Waals surface area contributed by atoms with Crippen molar-refractivity contribution < 1.29 is 10.0 Å². The zero-order valence-corrected chi connectivity index (χ0v) is 12.4. The average molecular weight is 279 g/mol. The summed E-state index contributed by atoms with van der Waals surface area (Å²) in [7, 11) is 0. The van der Waals surface area contributed by atoms with Crippen molar-refractivity contribution in [2.24, 2.45) is 34.1 Å². The van der Waals surface area contributed by atoms with E-state index in [9.17, 15) is 4.79 Å². The summed E-state index contributed by atoms with van der Waals surface area (Å²) in [6.07, 6.45) is 7.36. The second kappa shape index (κ2) is 4.37. The molecular formula is C15H25N3O2. The first-order valence-electron chi connectivity index (χ1n) is 7.65. The van der Waals surface area contributed by atoms with Crippen LogP contribution in [0.25, 0.3) is 0 Å². The van der Waals surface area contributed by atoms with E-state index in [2.05, 4.69) is 10.5 Å². The number of nitrogens with two attached hydrogens (primary N) is 1. The van der Waals surface area contributed by atoms with E-state index in [0.29, 0.717) is 0 Å². The molecule has 0 spiro atoms. The van der Waals surface area contributed by atoms with Crippen molar-refractivity contribution in [3.05, 3.63) is 0 Å². The third kappa shape index (κ3) is 2.07. The second-order valence-corrected chi connectivity index (χ2v) is 7.76. The molecule has 4 aliphatic rings. The number of hydrogen-bond donors (Lipinski definition) is 3. The predicted molar refractivity (Wildman–Crippen MR) is 76.2 cm³/mol. The van der Waals surface area contributed by atoms with Crippen LogP contribution >= 0.6 is 0 Å². The molecule has 0 saturated heterocycles. The Morgan fingerprint density at radius 1 is 1.20 bits per heavy atom. The third-order valence-electron chi connectivity index (χ3n) is 5.73. The molecule has 4 aliphatic carbocycles. The van der Waals surface area contributed by atoms with Crippen LogP contribution in [-0.2, 0) is 4.79 Å². The highest BCUT2D eigenvalue weighted by Gasteiger charge is 2.52. The molecule has 0 aliphatic heterocycles. The van der Waals surface area contributed by atoms with E-state index >= 15 is 0 Å². The number of oxime groups is 1. The van der Waals surface area contributed by atoms with Crippen molar-refractivity contribution in [2.75, 3.05) is 0 Å². The largest absolute Gasteiger partial charge is 0.409 e. The molecule has 5 heteroatoms. The second-order valence-electron chi connectivity index (χ2n) is 7.76. The first-order chi connectivity index (χ1) is 9.34. The van der Waals surface area contributed by atoms with Gasteiger partial charge in [-0.25, -0.2) is 0 Å². The monoisotopic (exact) mass is 279 g/mol. The molecule has 0 unspecified atom stereocenters. The average Bonchev–Trinajstić information content (AvgIpc) is 2.35. The molecule has 5 nitrogen and oxygen atoms in total. The lowest BCUT2D eigenvalue weighted by molar-refractivity contribution is -0.132. The number of amides is 1. The molecule has 0 atom stereocenters. The molecule has 0 radical (unpaired) electrons. The molecule has 4 bridgehead atoms. The lowest BCUT2D eigenvalue weighted by Crippen LogP contribution is -2.62. The number of carbonyl (C=O) groups excluding carboxylic acids is 1. The number of hydrogen-bond acceptors (Lipinski definition) is 3. The van der Waals surface area contributed by atoms with Crippen LogP contribution in [0.1, 0.15) is 52.4 Å². The van der Waals surface area contributed by atoms with Crippen molar-refractivity contribution >= 4 is 11.7 Å². The Morgan fingerprint density at radius 3 is 2.05 bits per heavy atom. The fourth-order valence-corrected chi connectivity index (χ4v) is 4.90. The molecule has 20 heavy (non-hydrogen) atoms. The Hall–Kier alpha value is -1.26. The first kappa shape index (κ1) is 13.7. The molecule has 0 aromatic rings. The zero-order chi connectivity index (χ0) is 14.5. The minimum absolute atomic E-state index is 0.0280. The van der Waals surface area contributed by atoms with E-state index in [-0.39, 0.29) is 17.3 Å². The van der Waals surface area contributed by atoms with Crippen molar-refractivity contribution in [1.29, 1.82) is 0 Å². The smallest absolute Gasteiger partial charge is 0.233 e. The van der Waals surface area contributed by atoms with E-state index in [0.717, 1.165) is 37.0 Å². The molecule has 0 heterocycles. The van der Waals surface area contributed by atoms with Crippen LogP contribution in [-0.4, -0.2) is 22.5 Å². The number of carbonyl (C=O) groups is 1. The topological polar surface area (TPSA) is 87.7 Å². The van der Waals surface area contributed by atoms with Crippen molar-refractivity contribution in [3.63, 3.8) is 0 Å². The summed E-state index contributed by atoms with van der Waals surface area (Å²) in [4.78, 5) is 12.6. The van der Waals surface area contributed by atoms with Gasteiger partial charge in [0.25, 0.3) is 0 Å². The van der Waals surface area contributed by atoms with Crippen molar-refractivity contribution in [1.82, 2.24) is 5.32 Å². The summed E-state index contributed by atoms with van der Waals surface area (Å²) in [5.74, 6) is 2.21. The van der Waals surface area contributed by atoms with Gasteiger partial charge in [-0.2, -0.15) is 0 Å². The normalized spacial score (nSPS) is 39.9. The van der Waals surface area contributed by atoms with Gasteiger partial charge in [-0.1, -0.05) is 5.16 Å². The Bertz CT molecular complexity index is 421. The minimum atomic E-state index is -0.960. The molecule has 4 rings (SSSR count). The maximum atomic E-state index is 12.6. The molecule has 0 aromatic heterocycles. The van der Waals surface area contributed by atoms with Crippen LogP contribution in [0.3, 0.4) is 0 Å². The van der Waals surface area contributed by atoms with Gasteiger partial charge in [-0.3, -0.25) is 4.79 Å². The molecule has 4 saturated carbocycles. The Balaban J connectivity index is 1.76. The summed E-state index contributed by atoms with van der Waals surface area (Å²) < 4.78 is 0. The highest BCUT2D eigenvalue weighted by molar-refractivity contribution is 6.06. The number of nitrogens with one attached hydrogen (secondary N) is 1. The van der Waals surface area contributed by atoms with Gasteiger partial charge in [0.2, 0.25) is 5.91 Å². The highest BCUT2D eigenvalue weighted by Crippen LogP contribution is 2.55. The zero-order valence-electron chi connectivity index (χ0n) is 12.4. The molecule has 4 fully saturated rings. The molecular weight excluding hydrogens is 254 g/mol. The van der Waals surface area contributed by atoms with Crippen LogP contribution in [0.2, 0.25) is 0 Å². The lowest BCUT2D eigenvalue weighted by Gasteiger charge is -2.57. The van der Waals surface area contributed by atoms with Gasteiger partial charge < -0.3 is 16.3 Å². The molecule has 1 amide bonds. The van der Waals surface area contributed by atoms with Crippen LogP contribution in [0.15, 0.2) is 5.16 Å². The predicted octanol–water partition coefficient (Wildman–Crippen LogP) is 1.84. The van der Waals surface area contributed by atoms with Gasteiger partial charge in [-0.05, 0) is 70.1 Å². The van der Waals surface area contributed by atoms with Gasteiger partial charge in [-0.15, -0.1) is 0 Å². The van der Waals surface area contributed by atoms with Crippen LogP contribution < -0.4 is 11.1 Å². The van der Waals surface area contributed by atoms with Crippen molar-refractivity contribution in [2.45, 2.75) is 57.9 Å². The molecule has 4 N–H and O–H groups in total. The van der Waals surface area contributed by atoms with E-state index in [1.54, 1.807) is 13.8 Å². The Kier molecular flexibility index (Phi) is 2.99. The van der Waals surface area contributed by atoms with E-state index in [1.807, 2.05) is 0 Å². The van der Waals surface area contributed by atoms with Gasteiger partial charge in [0.05, 0.1) is 0 Å². The fourth-order valence-electron chi connectivity index (χ4n) is 4.90. The van der Waals surface area contributed by atoms with Gasteiger partial charge in [0.1, 0.15) is 5.41 Å². The standard InChI is InChI=1S/C15H25N3O2/c1-14(2,12(16)18-20)13(19)17-15-6-9-3-10(7-15)5-11(4-9)8-15/h9-11,20H,3-8H2,1-2H3,(H2,16,18)(H,17,19). The van der Waals surface area contributed by atoms with Crippen LogP contribution in [0, 0.1) is 23.2 Å². The van der Waals surface area contributed by atoms with Crippen molar-refractivity contribution in [3.8, 4) is 0 Å². The quantitative estimate of drug-likeness (QED) is 0.319. The summed E-state index contributed by atoms with van der Waals surface area (Å²) >= 11 is 0. The maximum absolute atomic E-state index is 12.6. The summed E-state index contributed by atoms with van der Waals surface area (Å²) in [5.41, 5.74) is 4.67. The third-order valence-corrected chi connectivity index (χ3v) is 5.73. The summed E-state index contributed by atoms with van der Waals surface area (Å²) in [6.45, 7) is 3.41. The molecule has 0 aromatic carbocycles. The van der Waals surface area contributed by atoms with Crippen LogP contribution in [0.4, 0.5) is 0 Å². The Labute approximate surface area is 120 Å². The van der Waals surface area contributed by atoms with Gasteiger partial charge in [0.15, 0.2) is 5.84 Å². The van der Waals surface area contributed by atoms with E-state index in [1.165, 1.54) is 19.3 Å². The summed E-state index contributed by atoms with van der Waals surface area (Å²) in [6, 6.07) is 0. The number of rotatable bonds is 3. The van der Waals surface area contributed by atoms with Crippen LogP contribution in [0.5, 0.6) is 0 Å².